The SMILES string of the molecule is Cc1nc(CN(C(=O)c2ccc3nc(C(F)F)[nH]c3c2)c2ccc(F)cc2)cs1. The summed E-state index contributed by atoms with van der Waals surface area (Å²) in [5, 5.41) is 2.72. The normalized spacial score (nSPS) is 11.3. The standard InChI is InChI=1S/C20H15F3N4OS/c1-11-24-14(10-29-11)9-27(15-5-3-13(21)4-6-15)20(28)12-2-7-16-17(8-12)26-19(25-16)18(22)23/h2-8,10,18H,9H2,1H3,(H,25,26). The molecule has 0 aliphatic carbocycles. The van der Waals surface area contributed by atoms with Crippen molar-refractivity contribution in [1.29, 1.82) is 0 Å². The fraction of sp³-hybridized carbons (Fsp3) is 0.150. The van der Waals surface area contributed by atoms with Gasteiger partial charge in [-0.1, -0.05) is 0 Å². The Morgan fingerprint density at radius 3 is 2.59 bits per heavy atom. The minimum Gasteiger partial charge on any atom is -0.337 e. The second-order valence-electron chi connectivity index (χ2n) is 6.38. The maximum atomic E-state index is 13.4. The Labute approximate surface area is 167 Å². The maximum Gasteiger partial charge on any atom is 0.295 e. The molecule has 29 heavy (non-hydrogen) atoms. The minimum atomic E-state index is -2.73. The van der Waals surface area contributed by atoms with Gasteiger partial charge in [-0.2, -0.15) is 0 Å². The maximum absolute atomic E-state index is 13.4. The molecule has 5 nitrogen and oxygen atoms in total. The number of amides is 1. The number of aromatic amines is 1. The Morgan fingerprint density at radius 1 is 1.17 bits per heavy atom. The molecule has 0 fully saturated rings. The number of carbonyl (C=O) groups excluding carboxylic acids is 1. The van der Waals surface area contributed by atoms with Crippen LogP contribution in [0.3, 0.4) is 0 Å². The van der Waals surface area contributed by atoms with Gasteiger partial charge in [0, 0.05) is 16.6 Å². The third kappa shape index (κ3) is 4.00. The van der Waals surface area contributed by atoms with E-state index in [0.717, 1.165) is 5.01 Å². The van der Waals surface area contributed by atoms with Crippen LogP contribution in [0.2, 0.25) is 0 Å². The molecule has 0 saturated carbocycles. The van der Waals surface area contributed by atoms with Crippen LogP contribution in [0.25, 0.3) is 11.0 Å². The second kappa shape index (κ2) is 7.67. The molecule has 0 atom stereocenters. The molecule has 0 unspecified atom stereocenters. The lowest BCUT2D eigenvalue weighted by Crippen LogP contribution is -2.30. The zero-order valence-corrected chi connectivity index (χ0v) is 16.0. The number of hydrogen-bond acceptors (Lipinski definition) is 4. The molecule has 1 N–H and O–H groups in total. The number of anilines is 1. The van der Waals surface area contributed by atoms with Gasteiger partial charge in [-0.3, -0.25) is 4.79 Å². The van der Waals surface area contributed by atoms with E-state index in [-0.39, 0.29) is 12.5 Å². The molecular formula is C20H15F3N4OS. The summed E-state index contributed by atoms with van der Waals surface area (Å²) < 4.78 is 39.1. The van der Waals surface area contributed by atoms with Crippen LogP contribution < -0.4 is 4.90 Å². The van der Waals surface area contributed by atoms with Gasteiger partial charge in [0.25, 0.3) is 12.3 Å². The number of thiazole rings is 1. The van der Waals surface area contributed by atoms with Crippen molar-refractivity contribution >= 4 is 34.0 Å². The van der Waals surface area contributed by atoms with Crippen molar-refractivity contribution in [3.63, 3.8) is 0 Å². The van der Waals surface area contributed by atoms with Gasteiger partial charge in [-0.15, -0.1) is 11.3 Å². The molecule has 0 bridgehead atoms. The van der Waals surface area contributed by atoms with E-state index in [1.165, 1.54) is 58.7 Å². The van der Waals surface area contributed by atoms with Gasteiger partial charge < -0.3 is 9.88 Å². The highest BCUT2D eigenvalue weighted by molar-refractivity contribution is 7.09. The molecule has 0 spiro atoms. The van der Waals surface area contributed by atoms with Gasteiger partial charge in [-0.25, -0.2) is 23.1 Å². The van der Waals surface area contributed by atoms with E-state index in [9.17, 15) is 18.0 Å². The largest absolute Gasteiger partial charge is 0.337 e. The monoisotopic (exact) mass is 416 g/mol. The van der Waals surface area contributed by atoms with Crippen molar-refractivity contribution in [3.8, 4) is 0 Å². The number of halogens is 3. The summed E-state index contributed by atoms with van der Waals surface area (Å²) in [6.07, 6.45) is -2.73. The first-order valence-corrected chi connectivity index (χ1v) is 9.55. The van der Waals surface area contributed by atoms with Gasteiger partial charge in [0.1, 0.15) is 5.82 Å². The Bertz CT molecular complexity index is 1170. The van der Waals surface area contributed by atoms with Gasteiger partial charge >= 0.3 is 0 Å². The third-order valence-electron chi connectivity index (χ3n) is 4.32. The smallest absolute Gasteiger partial charge is 0.295 e. The molecule has 9 heteroatoms. The van der Waals surface area contributed by atoms with Crippen LogP contribution in [0.1, 0.15) is 33.3 Å². The number of fused-ring (bicyclic) bond motifs is 1. The molecule has 4 rings (SSSR count). The summed E-state index contributed by atoms with van der Waals surface area (Å²) >= 11 is 1.47. The first-order valence-electron chi connectivity index (χ1n) is 8.67. The molecule has 2 aromatic heterocycles. The van der Waals surface area contributed by atoms with Crippen molar-refractivity contribution in [3.05, 3.63) is 75.8 Å². The highest BCUT2D eigenvalue weighted by Gasteiger charge is 2.21. The van der Waals surface area contributed by atoms with E-state index >= 15 is 0 Å². The van der Waals surface area contributed by atoms with Gasteiger partial charge in [0.2, 0.25) is 0 Å². The number of nitrogens with zero attached hydrogens (tertiary/aromatic N) is 3. The van der Waals surface area contributed by atoms with E-state index in [1.807, 2.05) is 12.3 Å². The molecule has 0 aliphatic rings. The molecular weight excluding hydrogens is 401 g/mol. The number of imidazole rings is 1. The number of aryl methyl sites for hydroxylation is 1. The summed E-state index contributed by atoms with van der Waals surface area (Å²) in [7, 11) is 0. The van der Waals surface area contributed by atoms with E-state index in [1.54, 1.807) is 0 Å². The predicted octanol–water partition coefficient (Wildman–Crippen LogP) is 5.25. The average molecular weight is 416 g/mol. The van der Waals surface area contributed by atoms with Gasteiger partial charge in [0.05, 0.1) is 28.3 Å². The summed E-state index contributed by atoms with van der Waals surface area (Å²) in [5.74, 6) is -1.22. The van der Waals surface area contributed by atoms with E-state index in [2.05, 4.69) is 15.0 Å². The number of rotatable bonds is 5. The molecule has 0 radical (unpaired) electrons. The van der Waals surface area contributed by atoms with Crippen molar-refractivity contribution in [2.75, 3.05) is 4.90 Å². The van der Waals surface area contributed by atoms with Crippen LogP contribution >= 0.6 is 11.3 Å². The Morgan fingerprint density at radius 2 is 1.93 bits per heavy atom. The van der Waals surface area contributed by atoms with Crippen LogP contribution in [0.5, 0.6) is 0 Å². The number of carbonyl (C=O) groups is 1. The van der Waals surface area contributed by atoms with Gasteiger partial charge in [-0.05, 0) is 49.4 Å². The van der Waals surface area contributed by atoms with E-state index < -0.39 is 18.1 Å². The molecule has 0 aliphatic heterocycles. The van der Waals surface area contributed by atoms with Crippen LogP contribution in [0.15, 0.2) is 47.8 Å². The van der Waals surface area contributed by atoms with E-state index in [4.69, 9.17) is 0 Å². The highest BCUT2D eigenvalue weighted by atomic mass is 32.1. The quantitative estimate of drug-likeness (QED) is 0.483. The number of hydrogen-bond donors (Lipinski definition) is 1. The Balaban J connectivity index is 1.71. The molecule has 2 heterocycles. The van der Waals surface area contributed by atoms with Crippen LogP contribution in [0.4, 0.5) is 18.9 Å². The van der Waals surface area contributed by atoms with Crippen LogP contribution in [0, 0.1) is 12.7 Å². The lowest BCUT2D eigenvalue weighted by molar-refractivity contribution is 0.0985. The summed E-state index contributed by atoms with van der Waals surface area (Å²) in [5.41, 5.74) is 2.18. The second-order valence-corrected chi connectivity index (χ2v) is 7.44. The topological polar surface area (TPSA) is 61.9 Å². The van der Waals surface area contributed by atoms with Crippen molar-refractivity contribution in [1.82, 2.24) is 15.0 Å². The lowest BCUT2D eigenvalue weighted by Gasteiger charge is -2.22. The van der Waals surface area contributed by atoms with Crippen molar-refractivity contribution in [2.24, 2.45) is 0 Å². The fourth-order valence-corrected chi connectivity index (χ4v) is 3.57. The molecule has 148 valence electrons. The van der Waals surface area contributed by atoms with Gasteiger partial charge in [0.15, 0.2) is 5.82 Å². The van der Waals surface area contributed by atoms with Crippen LogP contribution in [-0.2, 0) is 6.54 Å². The third-order valence-corrected chi connectivity index (χ3v) is 5.15. The number of alkyl halides is 2. The number of H-pyrrole nitrogens is 1. The Hall–Kier alpha value is -3.20. The predicted molar refractivity (Wildman–Crippen MR) is 105 cm³/mol. The summed E-state index contributed by atoms with van der Waals surface area (Å²) in [6, 6.07) is 10.1. The number of nitrogens with one attached hydrogen (secondary N) is 1. The molecule has 0 saturated heterocycles. The highest BCUT2D eigenvalue weighted by Crippen LogP contribution is 2.24. The lowest BCUT2D eigenvalue weighted by atomic mass is 10.1. The summed E-state index contributed by atoms with van der Waals surface area (Å²) in [6.45, 7) is 2.06. The summed E-state index contributed by atoms with van der Waals surface area (Å²) in [4.78, 5) is 25.5. The molecule has 4 aromatic rings. The molecule has 2 aromatic carbocycles. The van der Waals surface area contributed by atoms with Crippen molar-refractivity contribution < 1.29 is 18.0 Å². The first kappa shape index (κ1) is 19.1. The van der Waals surface area contributed by atoms with Crippen LogP contribution in [-0.4, -0.2) is 20.9 Å². The zero-order valence-electron chi connectivity index (χ0n) is 15.2. The van der Waals surface area contributed by atoms with E-state index in [0.29, 0.717) is 28.0 Å². The number of aromatic nitrogens is 3. The molecule has 1 amide bonds. The first-order chi connectivity index (χ1) is 13.9. The Kier molecular flexibility index (Phi) is 5.06. The van der Waals surface area contributed by atoms with Crippen molar-refractivity contribution in [2.45, 2.75) is 19.9 Å². The average Bonchev–Trinajstić information content (AvgIpc) is 3.31. The zero-order chi connectivity index (χ0) is 20.5. The fourth-order valence-electron chi connectivity index (χ4n) is 2.97. The number of benzene rings is 2. The minimum absolute atomic E-state index is 0.193.